The zero-order chi connectivity index (χ0) is 12.1. The van der Waals surface area contributed by atoms with Crippen LogP contribution in [0.2, 0.25) is 0 Å². The molecule has 0 bridgehead atoms. The van der Waals surface area contributed by atoms with Crippen LogP contribution in [-0.4, -0.2) is 11.7 Å². The molecule has 0 heterocycles. The lowest BCUT2D eigenvalue weighted by molar-refractivity contribution is -0.129. The Labute approximate surface area is 95.9 Å². The molecule has 0 aliphatic rings. The van der Waals surface area contributed by atoms with E-state index in [9.17, 15) is 9.59 Å². The third-order valence-electron chi connectivity index (χ3n) is 2.35. The van der Waals surface area contributed by atoms with Gasteiger partial charge in [0, 0.05) is 5.92 Å². The Morgan fingerprint density at radius 3 is 2.12 bits per heavy atom. The molecule has 1 amide bonds. The summed E-state index contributed by atoms with van der Waals surface area (Å²) in [5, 5.41) is 2.74. The Hall–Kier alpha value is -1.64. The van der Waals surface area contributed by atoms with Crippen LogP contribution in [0.15, 0.2) is 30.3 Å². The van der Waals surface area contributed by atoms with Gasteiger partial charge in [0.05, 0.1) is 0 Å². The van der Waals surface area contributed by atoms with E-state index in [1.807, 2.05) is 30.3 Å². The van der Waals surface area contributed by atoms with Crippen LogP contribution in [0.3, 0.4) is 0 Å². The number of carbonyl (C=O) groups is 2. The molecule has 0 fully saturated rings. The number of hydrogen-bond acceptors (Lipinski definition) is 2. The lowest BCUT2D eigenvalue weighted by atomic mass is 10.0. The number of ketones is 1. The van der Waals surface area contributed by atoms with Crippen LogP contribution in [0.5, 0.6) is 0 Å². The first kappa shape index (κ1) is 12.4. The number of Topliss-reactive ketones (excluding diaryl/α,β-unsaturated/α-hetero) is 1. The Kier molecular flexibility index (Phi) is 4.23. The molecule has 0 aliphatic heterocycles. The van der Waals surface area contributed by atoms with Gasteiger partial charge >= 0.3 is 0 Å². The van der Waals surface area contributed by atoms with Crippen molar-refractivity contribution in [3.05, 3.63) is 35.9 Å². The molecule has 0 saturated carbocycles. The highest BCUT2D eigenvalue weighted by Gasteiger charge is 2.19. The molecule has 3 heteroatoms. The summed E-state index contributed by atoms with van der Waals surface area (Å²) in [6, 6.07) is 8.74. The van der Waals surface area contributed by atoms with Crippen molar-refractivity contribution in [2.45, 2.75) is 26.8 Å². The summed E-state index contributed by atoms with van der Waals surface area (Å²) in [6.45, 7) is 5.09. The molecule has 86 valence electrons. The van der Waals surface area contributed by atoms with Gasteiger partial charge in [0.25, 0.3) is 0 Å². The average molecular weight is 219 g/mol. The van der Waals surface area contributed by atoms with Crippen molar-refractivity contribution >= 4 is 11.7 Å². The second-order valence-electron chi connectivity index (χ2n) is 4.12. The monoisotopic (exact) mass is 219 g/mol. The minimum atomic E-state index is -0.531. The standard InChI is InChI=1S/C13H17NO2/c1-9(2)13(16)14-12(10(3)15)11-7-5-4-6-8-11/h4-9,12H,1-3H3,(H,14,16). The molecule has 1 N–H and O–H groups in total. The topological polar surface area (TPSA) is 46.2 Å². The third-order valence-corrected chi connectivity index (χ3v) is 2.35. The van der Waals surface area contributed by atoms with Crippen LogP contribution in [0.1, 0.15) is 32.4 Å². The molecule has 1 unspecified atom stereocenters. The first-order valence-electron chi connectivity index (χ1n) is 5.38. The summed E-state index contributed by atoms with van der Waals surface area (Å²) in [5.41, 5.74) is 0.823. The van der Waals surface area contributed by atoms with Crippen molar-refractivity contribution in [2.24, 2.45) is 5.92 Å². The highest BCUT2D eigenvalue weighted by atomic mass is 16.2. The van der Waals surface area contributed by atoms with Gasteiger partial charge in [0.15, 0.2) is 5.78 Å². The number of benzene rings is 1. The summed E-state index contributed by atoms with van der Waals surface area (Å²) < 4.78 is 0. The van der Waals surface area contributed by atoms with Gasteiger partial charge in [0.2, 0.25) is 5.91 Å². The van der Waals surface area contributed by atoms with Crippen molar-refractivity contribution < 1.29 is 9.59 Å². The van der Waals surface area contributed by atoms with Crippen LogP contribution in [0.4, 0.5) is 0 Å². The Morgan fingerprint density at radius 1 is 1.12 bits per heavy atom. The maximum atomic E-state index is 11.6. The Balaban J connectivity index is 2.85. The smallest absolute Gasteiger partial charge is 0.223 e. The van der Waals surface area contributed by atoms with Crippen molar-refractivity contribution in [1.29, 1.82) is 0 Å². The van der Waals surface area contributed by atoms with Crippen molar-refractivity contribution in [3.8, 4) is 0 Å². The molecule has 0 aliphatic carbocycles. The molecule has 1 rings (SSSR count). The summed E-state index contributed by atoms with van der Waals surface area (Å²) in [4.78, 5) is 23.1. The molecule has 16 heavy (non-hydrogen) atoms. The van der Waals surface area contributed by atoms with E-state index in [0.717, 1.165) is 5.56 Å². The first-order valence-corrected chi connectivity index (χ1v) is 5.38. The summed E-state index contributed by atoms with van der Waals surface area (Å²) >= 11 is 0. The highest BCUT2D eigenvalue weighted by Crippen LogP contribution is 2.14. The maximum absolute atomic E-state index is 11.6. The third kappa shape index (κ3) is 3.19. The zero-order valence-electron chi connectivity index (χ0n) is 9.86. The van der Waals surface area contributed by atoms with Crippen LogP contribution >= 0.6 is 0 Å². The molecular formula is C13H17NO2. The van der Waals surface area contributed by atoms with Crippen LogP contribution < -0.4 is 5.32 Å². The summed E-state index contributed by atoms with van der Waals surface area (Å²) in [7, 11) is 0. The minimum Gasteiger partial charge on any atom is -0.342 e. The number of hydrogen-bond donors (Lipinski definition) is 1. The van der Waals surface area contributed by atoms with Gasteiger partial charge < -0.3 is 5.32 Å². The van der Waals surface area contributed by atoms with E-state index in [1.54, 1.807) is 13.8 Å². The number of rotatable bonds is 4. The normalized spacial score (nSPS) is 12.2. The van der Waals surface area contributed by atoms with Gasteiger partial charge in [-0.1, -0.05) is 44.2 Å². The first-order chi connectivity index (χ1) is 7.52. The molecule has 1 aromatic carbocycles. The second kappa shape index (κ2) is 5.45. The Morgan fingerprint density at radius 2 is 1.69 bits per heavy atom. The van der Waals surface area contributed by atoms with Crippen molar-refractivity contribution in [1.82, 2.24) is 5.32 Å². The molecule has 1 atom stereocenters. The fourth-order valence-corrected chi connectivity index (χ4v) is 1.37. The van der Waals surface area contributed by atoms with Gasteiger partial charge in [0.1, 0.15) is 6.04 Å². The zero-order valence-corrected chi connectivity index (χ0v) is 9.86. The van der Waals surface area contributed by atoms with Crippen LogP contribution in [0.25, 0.3) is 0 Å². The number of nitrogens with one attached hydrogen (secondary N) is 1. The SMILES string of the molecule is CC(=O)C(NC(=O)C(C)C)c1ccccc1. The molecular weight excluding hydrogens is 202 g/mol. The van der Waals surface area contributed by atoms with Crippen LogP contribution in [-0.2, 0) is 9.59 Å². The summed E-state index contributed by atoms with van der Waals surface area (Å²) in [5.74, 6) is -0.283. The average Bonchev–Trinajstić information content (AvgIpc) is 2.26. The van der Waals surface area contributed by atoms with Gasteiger partial charge in [-0.2, -0.15) is 0 Å². The molecule has 0 aromatic heterocycles. The van der Waals surface area contributed by atoms with E-state index in [0.29, 0.717) is 0 Å². The largest absolute Gasteiger partial charge is 0.342 e. The van der Waals surface area contributed by atoms with E-state index in [-0.39, 0.29) is 17.6 Å². The Bertz CT molecular complexity index is 371. The molecule has 0 spiro atoms. The highest BCUT2D eigenvalue weighted by molar-refractivity contribution is 5.89. The van der Waals surface area contributed by atoms with E-state index in [2.05, 4.69) is 5.32 Å². The maximum Gasteiger partial charge on any atom is 0.223 e. The van der Waals surface area contributed by atoms with Gasteiger partial charge in [-0.05, 0) is 12.5 Å². The van der Waals surface area contributed by atoms with Gasteiger partial charge in [-0.3, -0.25) is 9.59 Å². The number of carbonyl (C=O) groups excluding carboxylic acids is 2. The minimum absolute atomic E-state index is 0.0554. The van der Waals surface area contributed by atoms with E-state index in [4.69, 9.17) is 0 Å². The lowest BCUT2D eigenvalue weighted by Gasteiger charge is -2.17. The molecule has 3 nitrogen and oxygen atoms in total. The molecule has 0 radical (unpaired) electrons. The fraction of sp³-hybridized carbons (Fsp3) is 0.385. The fourth-order valence-electron chi connectivity index (χ4n) is 1.37. The predicted molar refractivity (Wildman–Crippen MR) is 62.8 cm³/mol. The summed E-state index contributed by atoms with van der Waals surface area (Å²) in [6.07, 6.45) is 0. The molecule has 0 saturated heterocycles. The van der Waals surface area contributed by atoms with Gasteiger partial charge in [-0.25, -0.2) is 0 Å². The molecule has 1 aromatic rings. The lowest BCUT2D eigenvalue weighted by Crippen LogP contribution is -2.35. The van der Waals surface area contributed by atoms with E-state index in [1.165, 1.54) is 6.92 Å². The van der Waals surface area contributed by atoms with E-state index >= 15 is 0 Å². The van der Waals surface area contributed by atoms with E-state index < -0.39 is 6.04 Å². The van der Waals surface area contributed by atoms with Gasteiger partial charge in [-0.15, -0.1) is 0 Å². The predicted octanol–water partition coefficient (Wildman–Crippen LogP) is 2.09. The van der Waals surface area contributed by atoms with Crippen LogP contribution in [0, 0.1) is 5.92 Å². The number of amides is 1. The van der Waals surface area contributed by atoms with Crippen molar-refractivity contribution in [2.75, 3.05) is 0 Å². The quantitative estimate of drug-likeness (QED) is 0.842. The van der Waals surface area contributed by atoms with Crippen molar-refractivity contribution in [3.63, 3.8) is 0 Å². The second-order valence-corrected chi connectivity index (χ2v) is 4.12.